The Bertz CT molecular complexity index is 909. The molecule has 0 unspecified atom stereocenters. The molecule has 21 heavy (non-hydrogen) atoms. The van der Waals surface area contributed by atoms with Gasteiger partial charge in [-0.25, -0.2) is 13.4 Å². The van der Waals surface area contributed by atoms with Crippen LogP contribution in [-0.4, -0.2) is 34.2 Å². The van der Waals surface area contributed by atoms with E-state index >= 15 is 0 Å². The molecule has 0 amide bonds. The predicted octanol–water partition coefficient (Wildman–Crippen LogP) is 2.61. The molecule has 1 N–H and O–H groups in total. The number of fused-ring (bicyclic) bond motifs is 1. The molecule has 0 spiro atoms. The maximum Gasteiger partial charge on any atom is 0.175 e. The third-order valence-corrected chi connectivity index (χ3v) is 5.02. The van der Waals surface area contributed by atoms with Gasteiger partial charge in [-0.1, -0.05) is 18.3 Å². The number of nitrogens with one attached hydrogen (secondary N) is 1. The van der Waals surface area contributed by atoms with E-state index in [1.165, 1.54) is 17.8 Å². The van der Waals surface area contributed by atoms with Gasteiger partial charge in [-0.3, -0.25) is 0 Å². The van der Waals surface area contributed by atoms with Gasteiger partial charge < -0.3 is 4.98 Å². The van der Waals surface area contributed by atoms with Gasteiger partial charge >= 0.3 is 0 Å². The zero-order valence-electron chi connectivity index (χ0n) is 11.8. The van der Waals surface area contributed by atoms with Crippen LogP contribution < -0.4 is 0 Å². The lowest BCUT2D eigenvalue weighted by Gasteiger charge is -2.00. The highest BCUT2D eigenvalue weighted by molar-refractivity contribution is 7.90. The number of sulfone groups is 1. The summed E-state index contributed by atoms with van der Waals surface area (Å²) < 4.78 is 27.2. The summed E-state index contributed by atoms with van der Waals surface area (Å²) >= 11 is 1.28. The number of imidazole rings is 1. The summed E-state index contributed by atoms with van der Waals surface area (Å²) in [4.78, 5) is 8.83. The first-order valence-electron chi connectivity index (χ1n) is 6.38. The molecule has 0 fully saturated rings. The highest BCUT2D eigenvalue weighted by Crippen LogP contribution is 2.30. The normalized spacial score (nSPS) is 12.4. The third kappa shape index (κ3) is 2.56. The van der Waals surface area contributed by atoms with Gasteiger partial charge in [0.15, 0.2) is 15.7 Å². The molecule has 3 aromatic rings. The van der Waals surface area contributed by atoms with Crippen molar-refractivity contribution in [1.82, 2.24) is 19.6 Å². The Balaban J connectivity index is 2.15. The fraction of sp³-hybridized carbons (Fsp3) is 0.308. The maximum absolute atomic E-state index is 11.6. The molecule has 0 saturated heterocycles. The molecule has 0 saturated carbocycles. The zero-order chi connectivity index (χ0) is 15.2. The minimum Gasteiger partial charge on any atom is -0.337 e. The SMILES string of the molecule is CC(C)c1nnsc1-c1nc2ccc(S(C)(=O)=O)cc2[nH]1. The van der Waals surface area contributed by atoms with Gasteiger partial charge in [-0.05, 0) is 35.6 Å². The van der Waals surface area contributed by atoms with Crippen molar-refractivity contribution in [2.24, 2.45) is 0 Å². The van der Waals surface area contributed by atoms with Crippen LogP contribution >= 0.6 is 11.5 Å². The topological polar surface area (TPSA) is 88.6 Å². The predicted molar refractivity (Wildman–Crippen MR) is 82.2 cm³/mol. The van der Waals surface area contributed by atoms with Crippen molar-refractivity contribution in [2.75, 3.05) is 6.26 Å². The Kier molecular flexibility index (Phi) is 3.29. The second-order valence-electron chi connectivity index (χ2n) is 5.18. The molecule has 110 valence electrons. The Hall–Kier alpha value is -1.80. The molecule has 3 rings (SSSR count). The zero-order valence-corrected chi connectivity index (χ0v) is 13.4. The highest BCUT2D eigenvalue weighted by atomic mass is 32.2. The van der Waals surface area contributed by atoms with Crippen molar-refractivity contribution in [3.63, 3.8) is 0 Å². The minimum absolute atomic E-state index is 0.249. The lowest BCUT2D eigenvalue weighted by Crippen LogP contribution is -1.96. The maximum atomic E-state index is 11.6. The highest BCUT2D eigenvalue weighted by Gasteiger charge is 2.17. The van der Waals surface area contributed by atoms with E-state index in [1.54, 1.807) is 18.2 Å². The summed E-state index contributed by atoms with van der Waals surface area (Å²) in [5, 5.41) is 4.13. The standard InChI is InChI=1S/C13H14N4O2S2/c1-7(2)11-12(20-17-16-11)13-14-9-5-4-8(21(3,18)19)6-10(9)15-13/h4-7H,1-3H3,(H,14,15). The van der Waals surface area contributed by atoms with Crippen molar-refractivity contribution < 1.29 is 8.42 Å². The molecular formula is C13H14N4O2S2. The first-order valence-corrected chi connectivity index (χ1v) is 9.05. The number of rotatable bonds is 3. The number of hydrogen-bond donors (Lipinski definition) is 1. The van der Waals surface area contributed by atoms with Crippen molar-refractivity contribution in [1.29, 1.82) is 0 Å². The van der Waals surface area contributed by atoms with Gasteiger partial charge in [0.25, 0.3) is 0 Å². The molecule has 2 heterocycles. The lowest BCUT2D eigenvalue weighted by molar-refractivity contribution is 0.602. The molecule has 0 radical (unpaired) electrons. The molecular weight excluding hydrogens is 308 g/mol. The van der Waals surface area contributed by atoms with Crippen LogP contribution in [0.15, 0.2) is 23.1 Å². The molecule has 0 bridgehead atoms. The van der Waals surface area contributed by atoms with Gasteiger partial charge in [0, 0.05) is 6.26 Å². The van der Waals surface area contributed by atoms with E-state index in [-0.39, 0.29) is 10.8 Å². The summed E-state index contributed by atoms with van der Waals surface area (Å²) in [5.74, 6) is 0.924. The molecule has 6 nitrogen and oxygen atoms in total. The van der Waals surface area contributed by atoms with Gasteiger partial charge in [0.2, 0.25) is 0 Å². The Labute approximate surface area is 126 Å². The molecule has 2 aromatic heterocycles. The van der Waals surface area contributed by atoms with Crippen LogP contribution in [0, 0.1) is 0 Å². The number of hydrogen-bond acceptors (Lipinski definition) is 6. The number of aromatic amines is 1. The summed E-state index contributed by atoms with van der Waals surface area (Å²) in [7, 11) is -3.23. The number of H-pyrrole nitrogens is 1. The van der Waals surface area contributed by atoms with E-state index in [9.17, 15) is 8.42 Å². The minimum atomic E-state index is -3.23. The molecule has 0 aliphatic rings. The largest absolute Gasteiger partial charge is 0.337 e. The van der Waals surface area contributed by atoms with Gasteiger partial charge in [-0.2, -0.15) is 0 Å². The third-order valence-electron chi connectivity index (χ3n) is 3.16. The van der Waals surface area contributed by atoms with Gasteiger partial charge in [0.05, 0.1) is 21.6 Å². The first kappa shape index (κ1) is 14.2. The fourth-order valence-electron chi connectivity index (χ4n) is 2.07. The number of benzene rings is 1. The van der Waals surface area contributed by atoms with Crippen LogP contribution in [0.25, 0.3) is 21.7 Å². The van der Waals surface area contributed by atoms with Gasteiger partial charge in [0.1, 0.15) is 4.88 Å². The smallest absolute Gasteiger partial charge is 0.175 e. The van der Waals surface area contributed by atoms with Gasteiger partial charge in [-0.15, -0.1) is 5.10 Å². The van der Waals surface area contributed by atoms with Crippen LogP contribution in [-0.2, 0) is 9.84 Å². The molecule has 0 aliphatic carbocycles. The summed E-state index contributed by atoms with van der Waals surface area (Å²) in [6, 6.07) is 4.87. The molecule has 0 aliphatic heterocycles. The molecule has 8 heteroatoms. The van der Waals surface area contributed by atoms with E-state index < -0.39 is 9.84 Å². The van der Waals surface area contributed by atoms with Crippen LogP contribution in [0.4, 0.5) is 0 Å². The van der Waals surface area contributed by atoms with E-state index in [1.807, 2.05) is 13.8 Å². The summed E-state index contributed by atoms with van der Waals surface area (Å²) in [5.41, 5.74) is 2.30. The Morgan fingerprint density at radius 1 is 1.29 bits per heavy atom. The van der Waals surface area contributed by atoms with Crippen molar-refractivity contribution in [3.05, 3.63) is 23.9 Å². The first-order chi connectivity index (χ1) is 9.86. The number of nitrogens with zero attached hydrogens (tertiary/aromatic N) is 3. The van der Waals surface area contributed by atoms with E-state index in [0.29, 0.717) is 11.3 Å². The van der Waals surface area contributed by atoms with Crippen LogP contribution in [0.1, 0.15) is 25.5 Å². The average Bonchev–Trinajstić information content (AvgIpc) is 3.02. The quantitative estimate of drug-likeness (QED) is 0.800. The fourth-order valence-corrected chi connectivity index (χ4v) is 3.48. The summed E-state index contributed by atoms with van der Waals surface area (Å²) in [6.07, 6.45) is 1.19. The van der Waals surface area contributed by atoms with Crippen LogP contribution in [0.2, 0.25) is 0 Å². The van der Waals surface area contributed by atoms with Crippen molar-refractivity contribution >= 4 is 32.4 Å². The summed E-state index contributed by atoms with van der Waals surface area (Å²) in [6.45, 7) is 4.09. The van der Waals surface area contributed by atoms with Crippen molar-refractivity contribution in [2.45, 2.75) is 24.7 Å². The average molecular weight is 322 g/mol. The molecule has 1 aromatic carbocycles. The van der Waals surface area contributed by atoms with Crippen LogP contribution in [0.3, 0.4) is 0 Å². The van der Waals surface area contributed by atoms with E-state index in [0.717, 1.165) is 16.1 Å². The second kappa shape index (κ2) is 4.88. The lowest BCUT2D eigenvalue weighted by atomic mass is 10.1. The van der Waals surface area contributed by atoms with E-state index in [4.69, 9.17) is 0 Å². The van der Waals surface area contributed by atoms with Crippen LogP contribution in [0.5, 0.6) is 0 Å². The monoisotopic (exact) mass is 322 g/mol. The Morgan fingerprint density at radius 3 is 2.71 bits per heavy atom. The number of aromatic nitrogens is 4. The molecule has 0 atom stereocenters. The second-order valence-corrected chi connectivity index (χ2v) is 7.95. The van der Waals surface area contributed by atoms with E-state index in [2.05, 4.69) is 19.6 Å². The van der Waals surface area contributed by atoms with Crippen molar-refractivity contribution in [3.8, 4) is 10.7 Å². The Morgan fingerprint density at radius 2 is 2.05 bits per heavy atom.